The van der Waals surface area contributed by atoms with E-state index in [0.29, 0.717) is 6.42 Å². The van der Waals surface area contributed by atoms with Crippen molar-refractivity contribution >= 4 is 117 Å². The molecule has 0 bridgehead atoms. The van der Waals surface area contributed by atoms with Crippen LogP contribution < -0.4 is 5.32 Å². The number of ketones is 1. The monoisotopic (exact) mass is 585 g/mol. The van der Waals surface area contributed by atoms with Crippen molar-refractivity contribution in [2.45, 2.75) is 25.8 Å². The zero-order chi connectivity index (χ0) is 19.3. The molecule has 0 aromatic carbocycles. The van der Waals surface area contributed by atoms with E-state index >= 15 is 0 Å². The first-order valence-corrected chi connectivity index (χ1v) is 29.6. The molecule has 1 aliphatic rings. The molecule has 1 rings (SSSR count). The van der Waals surface area contributed by atoms with Crippen LogP contribution in [-0.4, -0.2) is 17.8 Å². The molecule has 0 aromatic rings. The van der Waals surface area contributed by atoms with Gasteiger partial charge in [-0.05, 0) is 46.8 Å². The molecule has 0 aliphatic carbocycles. The van der Waals surface area contributed by atoms with E-state index in [2.05, 4.69) is 67.8 Å². The second kappa shape index (κ2) is 13.6. The summed E-state index contributed by atoms with van der Waals surface area (Å²) in [7, 11) is 19.7. The highest BCUT2D eigenvalue weighted by atomic mass is 33.2. The molecule has 1 fully saturated rings. The van der Waals surface area contributed by atoms with Crippen LogP contribution in [0.25, 0.3) is 0 Å². The zero-order valence-electron chi connectivity index (χ0n) is 13.5. The Labute approximate surface area is 173 Å². The first kappa shape index (κ1) is 27.3. The van der Waals surface area contributed by atoms with Crippen LogP contribution in [0.2, 0.25) is 0 Å². The second-order valence-corrected chi connectivity index (χ2v) is 53.7. The minimum atomic E-state index is -0.812. The Morgan fingerprint density at radius 1 is 1.08 bits per heavy atom. The third-order valence-electron chi connectivity index (χ3n) is 2.87. The van der Waals surface area contributed by atoms with Crippen LogP contribution in [0.4, 0.5) is 0 Å². The molecular weight excluding hydrogens is 561 g/mol. The normalized spacial score (nSPS) is 21.9. The van der Waals surface area contributed by atoms with Crippen molar-refractivity contribution in [3.05, 3.63) is 11.8 Å². The second-order valence-electron chi connectivity index (χ2n) is 4.91. The van der Waals surface area contributed by atoms with Crippen molar-refractivity contribution in [1.82, 2.24) is 5.32 Å². The topological polar surface area (TPSA) is 55.4 Å². The number of hydrogen-bond acceptors (Lipinski definition) is 4. The lowest BCUT2D eigenvalue weighted by molar-refractivity contribution is -0.135. The smallest absolute Gasteiger partial charge is 0.331 e. The number of allylic oxidation sites excluding steroid dienone is 2. The summed E-state index contributed by atoms with van der Waals surface area (Å²) in [6.45, 7) is -0.224. The van der Waals surface area contributed by atoms with Crippen molar-refractivity contribution in [3.63, 3.8) is 0 Å². The van der Waals surface area contributed by atoms with Gasteiger partial charge in [0.1, 0.15) is 6.04 Å². The molecule has 1 N–H and O–H groups in total. The lowest BCUT2D eigenvalue weighted by Gasteiger charge is -2.36. The fourth-order valence-corrected chi connectivity index (χ4v) is 97.0. The lowest BCUT2D eigenvalue weighted by Crippen LogP contribution is -2.30. The molecule has 1 aliphatic heterocycles. The zero-order valence-corrected chi connectivity index (χ0v) is 27.0. The van der Waals surface area contributed by atoms with Gasteiger partial charge in [0, 0.05) is 19.7 Å². The molecule has 4 nitrogen and oxygen atoms in total. The van der Waals surface area contributed by atoms with Gasteiger partial charge in [-0.1, -0.05) is 8.93 Å². The van der Waals surface area contributed by atoms with Crippen molar-refractivity contribution in [2.75, 3.05) is 0 Å². The van der Waals surface area contributed by atoms with Crippen molar-refractivity contribution in [2.24, 2.45) is 0 Å². The minimum Gasteiger partial charge on any atom is -0.433 e. The van der Waals surface area contributed by atoms with E-state index in [-0.39, 0.29) is 45.7 Å². The van der Waals surface area contributed by atoms with Crippen LogP contribution in [0.1, 0.15) is 19.8 Å². The molecule has 0 amide bonds. The Morgan fingerprint density at radius 3 is 2.08 bits per heavy atom. The Morgan fingerprint density at radius 2 is 1.64 bits per heavy atom. The Bertz CT molecular complexity index is 506. The maximum Gasteiger partial charge on any atom is 0.331 e. The molecule has 10 atom stereocenters. The van der Waals surface area contributed by atoms with Crippen LogP contribution in [0.3, 0.4) is 0 Å². The summed E-state index contributed by atoms with van der Waals surface area (Å²) >= 11 is 0. The molecule has 10 unspecified atom stereocenters. The van der Waals surface area contributed by atoms with Crippen LogP contribution in [0.5, 0.6) is 0 Å². The summed E-state index contributed by atoms with van der Waals surface area (Å²) in [5.74, 6) is -0.160. The third kappa shape index (κ3) is 9.52. The summed E-state index contributed by atoms with van der Waals surface area (Å²) < 4.78 is 6.15. The van der Waals surface area contributed by atoms with Crippen LogP contribution in [0.15, 0.2) is 11.8 Å². The van der Waals surface area contributed by atoms with E-state index in [1.165, 1.54) is 6.92 Å². The van der Waals surface area contributed by atoms with Gasteiger partial charge in [0.05, 0.1) is 0 Å². The van der Waals surface area contributed by atoms with E-state index in [1.807, 2.05) is 0 Å². The highest BCUT2D eigenvalue weighted by Gasteiger charge is 2.39. The van der Waals surface area contributed by atoms with E-state index < -0.39 is 14.5 Å². The number of nitrogens with one attached hydrogen (secondary N) is 1. The lowest BCUT2D eigenvalue weighted by atomic mass is 10.2. The highest BCUT2D eigenvalue weighted by Crippen LogP contribution is 3.17. The van der Waals surface area contributed by atoms with Crippen LogP contribution in [0, 0.1) is 0 Å². The summed E-state index contributed by atoms with van der Waals surface area (Å²) in [6.07, 6.45) is 2.99. The molecule has 0 spiro atoms. The molecule has 144 valence electrons. The Balaban J connectivity index is 2.91. The average molecular weight is 585 g/mol. The third-order valence-corrected chi connectivity index (χ3v) is 73.5. The largest absolute Gasteiger partial charge is 0.433 e. The van der Waals surface area contributed by atoms with Crippen LogP contribution >= 0.6 is 105 Å². The molecule has 17 heteroatoms. The fraction of sp³-hybridized carbons (Fsp3) is 0.500. The van der Waals surface area contributed by atoms with Gasteiger partial charge in [-0.2, -0.15) is 0 Å². The summed E-state index contributed by atoms with van der Waals surface area (Å²) in [4.78, 5) is 24.0. The molecular formula is C8H24NO3P13. The number of rotatable bonds is 8. The maximum absolute atomic E-state index is 12.8. The van der Waals surface area contributed by atoms with E-state index in [0.717, 1.165) is 12.1 Å². The van der Waals surface area contributed by atoms with E-state index in [4.69, 9.17) is 4.52 Å². The quantitative estimate of drug-likeness (QED) is 0.235. The van der Waals surface area contributed by atoms with Gasteiger partial charge in [0.15, 0.2) is 13.3 Å². The maximum atomic E-state index is 12.8. The van der Waals surface area contributed by atoms with Gasteiger partial charge >= 0.3 is 5.97 Å². The molecule has 25 heavy (non-hydrogen) atoms. The first-order valence-electron chi connectivity index (χ1n) is 6.77. The van der Waals surface area contributed by atoms with Crippen molar-refractivity contribution < 1.29 is 14.1 Å². The van der Waals surface area contributed by atoms with Gasteiger partial charge in [-0.25, -0.2) is 4.79 Å². The number of carbonyl (C=O) groups excluding carboxylic acids is 2. The summed E-state index contributed by atoms with van der Waals surface area (Å²) in [6, 6.07) is -0.332. The number of hydrogen-bond donors (Lipinski definition) is 1. The van der Waals surface area contributed by atoms with E-state index in [9.17, 15) is 9.59 Å². The Hall–Kier alpha value is 4.27. The standard InChI is InChI=1S/C8H24NO3P13/c1-5(10)4-6-2-3-7(9-6)8(11)12-20(24(19)21(13)14)25(22(15)16)23(17)18/h4,7,9H,2-3,13-19H2,1H3/b6-4-. The predicted octanol–water partition coefficient (Wildman–Crippen LogP) is 7.67. The van der Waals surface area contributed by atoms with Gasteiger partial charge in [0.25, 0.3) is 0 Å². The SMILES string of the molecule is CC(=O)/C=C1/CCC(C(=O)OP(P(P)P(P)P)P(P(P)P)P(P)P)N1. The fourth-order valence-electron chi connectivity index (χ4n) is 1.89. The molecule has 1 heterocycles. The first-order chi connectivity index (χ1) is 11.5. The molecule has 0 saturated carbocycles. The van der Waals surface area contributed by atoms with Crippen molar-refractivity contribution in [1.29, 1.82) is 0 Å². The van der Waals surface area contributed by atoms with Crippen LogP contribution in [-0.2, 0) is 14.1 Å². The van der Waals surface area contributed by atoms with Gasteiger partial charge in [-0.15, -0.1) is 53.6 Å². The van der Waals surface area contributed by atoms with Gasteiger partial charge < -0.3 is 9.84 Å². The Kier molecular flexibility index (Phi) is 14.9. The molecule has 0 radical (unpaired) electrons. The minimum absolute atomic E-state index is 0.000686. The average Bonchev–Trinajstić information content (AvgIpc) is 2.92. The van der Waals surface area contributed by atoms with Gasteiger partial charge in [0.2, 0.25) is 0 Å². The van der Waals surface area contributed by atoms with E-state index in [1.54, 1.807) is 6.08 Å². The molecule has 1 saturated heterocycles. The summed E-state index contributed by atoms with van der Waals surface area (Å²) in [5, 5.41) is 3.16. The number of carbonyl (C=O) groups is 2. The highest BCUT2D eigenvalue weighted by molar-refractivity contribution is 9.19. The van der Waals surface area contributed by atoms with Crippen molar-refractivity contribution in [3.8, 4) is 0 Å². The van der Waals surface area contributed by atoms with Gasteiger partial charge in [-0.3, -0.25) is 4.79 Å². The summed E-state index contributed by atoms with van der Waals surface area (Å²) in [5.41, 5.74) is 0.840. The molecule has 0 aromatic heterocycles. The predicted molar refractivity (Wildman–Crippen MR) is 151 cm³/mol.